The van der Waals surface area contributed by atoms with Crippen molar-refractivity contribution in [3.05, 3.63) is 12.2 Å². The van der Waals surface area contributed by atoms with Crippen LogP contribution in [0.1, 0.15) is 32.6 Å². The van der Waals surface area contributed by atoms with Crippen LogP contribution in [0.4, 0.5) is 0 Å². The molecule has 5 nitrogen and oxygen atoms in total. The van der Waals surface area contributed by atoms with Crippen molar-refractivity contribution in [2.45, 2.75) is 32.6 Å². The molecule has 1 saturated heterocycles. The van der Waals surface area contributed by atoms with Crippen LogP contribution in [0.25, 0.3) is 0 Å². The molecule has 2 rings (SSSR count). The van der Waals surface area contributed by atoms with Crippen LogP contribution in [0.2, 0.25) is 0 Å². The van der Waals surface area contributed by atoms with Gasteiger partial charge in [-0.05, 0) is 25.2 Å². The Morgan fingerprint density at radius 2 is 2.16 bits per heavy atom. The van der Waals surface area contributed by atoms with Crippen LogP contribution >= 0.6 is 0 Å². The summed E-state index contributed by atoms with van der Waals surface area (Å²) in [6.07, 6.45) is 5.81. The number of hydrogen-bond acceptors (Lipinski definition) is 3. The van der Waals surface area contributed by atoms with Gasteiger partial charge in [0.25, 0.3) is 0 Å². The first kappa shape index (κ1) is 13.8. The first-order valence-electron chi connectivity index (χ1n) is 6.80. The summed E-state index contributed by atoms with van der Waals surface area (Å²) in [7, 11) is 0. The molecule has 1 heterocycles. The molecule has 1 N–H and O–H groups in total. The zero-order valence-corrected chi connectivity index (χ0v) is 11.0. The number of carbonyl (C=O) groups is 3. The van der Waals surface area contributed by atoms with Crippen molar-refractivity contribution in [3.63, 3.8) is 0 Å². The molecule has 0 aromatic carbocycles. The van der Waals surface area contributed by atoms with Crippen LogP contribution in [0.5, 0.6) is 0 Å². The van der Waals surface area contributed by atoms with Gasteiger partial charge in [-0.3, -0.25) is 19.3 Å². The first-order chi connectivity index (χ1) is 9.06. The summed E-state index contributed by atoms with van der Waals surface area (Å²) in [6, 6.07) is 0. The van der Waals surface area contributed by atoms with Crippen LogP contribution in [0, 0.1) is 17.8 Å². The maximum atomic E-state index is 12.3. The van der Waals surface area contributed by atoms with Gasteiger partial charge in [-0.15, -0.1) is 0 Å². The topological polar surface area (TPSA) is 74.7 Å². The van der Waals surface area contributed by atoms with E-state index in [-0.39, 0.29) is 42.5 Å². The molecule has 2 amide bonds. The van der Waals surface area contributed by atoms with Gasteiger partial charge in [-0.25, -0.2) is 0 Å². The number of carbonyl (C=O) groups excluding carboxylic acids is 2. The second kappa shape index (κ2) is 5.55. The number of fused-ring (bicyclic) bond motifs is 1. The van der Waals surface area contributed by atoms with E-state index in [4.69, 9.17) is 5.11 Å². The lowest BCUT2D eigenvalue weighted by molar-refractivity contribution is -0.142. The van der Waals surface area contributed by atoms with E-state index in [1.165, 1.54) is 4.90 Å². The highest BCUT2D eigenvalue weighted by molar-refractivity contribution is 6.05. The Kier molecular flexibility index (Phi) is 4.02. The number of carboxylic acid groups (broad SMARTS) is 1. The molecule has 104 valence electrons. The molecular formula is C14H19NO4. The number of aliphatic carboxylic acids is 1. The molecule has 2 aliphatic rings. The molecule has 0 bridgehead atoms. The van der Waals surface area contributed by atoms with Gasteiger partial charge in [-0.1, -0.05) is 19.1 Å². The third kappa shape index (κ3) is 2.55. The molecule has 1 fully saturated rings. The molecule has 0 aromatic heterocycles. The molecule has 0 aromatic rings. The molecule has 1 aliphatic heterocycles. The molecule has 5 heteroatoms. The number of carboxylic acids is 1. The lowest BCUT2D eigenvalue weighted by Crippen LogP contribution is -2.33. The number of hydrogen-bond donors (Lipinski definition) is 1. The second-order valence-electron chi connectivity index (χ2n) is 5.19. The largest absolute Gasteiger partial charge is 0.481 e. The number of nitrogens with zero attached hydrogens (tertiary/aromatic N) is 1. The Morgan fingerprint density at radius 3 is 2.79 bits per heavy atom. The monoisotopic (exact) mass is 265 g/mol. The summed E-state index contributed by atoms with van der Waals surface area (Å²) >= 11 is 0. The number of allylic oxidation sites excluding steroid dienone is 2. The number of rotatable bonds is 5. The van der Waals surface area contributed by atoms with E-state index >= 15 is 0 Å². The highest BCUT2D eigenvalue weighted by atomic mass is 16.4. The minimum Gasteiger partial charge on any atom is -0.481 e. The molecule has 3 atom stereocenters. The summed E-state index contributed by atoms with van der Waals surface area (Å²) in [4.78, 5) is 36.3. The minimum atomic E-state index is -0.899. The SMILES string of the molecule is CC[C@@H]1C=CC[C@@H]2C(=O)N(CCCC(=O)O)C(=O)[C@H]21. The van der Waals surface area contributed by atoms with Crippen LogP contribution in [0.3, 0.4) is 0 Å². The predicted molar refractivity (Wildman–Crippen MR) is 68.1 cm³/mol. The Labute approximate surface area is 112 Å². The molecule has 0 unspecified atom stereocenters. The van der Waals surface area contributed by atoms with Crippen molar-refractivity contribution in [1.82, 2.24) is 4.90 Å². The Bertz CT molecular complexity index is 429. The lowest BCUT2D eigenvalue weighted by Gasteiger charge is -2.24. The van der Waals surface area contributed by atoms with Gasteiger partial charge < -0.3 is 5.11 Å². The van der Waals surface area contributed by atoms with E-state index in [0.717, 1.165) is 6.42 Å². The predicted octanol–water partition coefficient (Wildman–Crippen LogP) is 1.44. The van der Waals surface area contributed by atoms with Gasteiger partial charge in [0.05, 0.1) is 11.8 Å². The standard InChI is InChI=1S/C14H19NO4/c1-2-9-5-3-6-10-12(9)14(19)15(13(10)18)8-4-7-11(16)17/h3,5,9-10,12H,2,4,6-8H2,1H3,(H,16,17)/t9-,10+,12+/m1/s1. The van der Waals surface area contributed by atoms with Crippen LogP contribution in [-0.2, 0) is 14.4 Å². The van der Waals surface area contributed by atoms with Gasteiger partial charge in [0.15, 0.2) is 0 Å². The first-order valence-corrected chi connectivity index (χ1v) is 6.80. The fraction of sp³-hybridized carbons (Fsp3) is 0.643. The summed E-state index contributed by atoms with van der Waals surface area (Å²) in [5, 5.41) is 8.61. The highest BCUT2D eigenvalue weighted by Crippen LogP contribution is 2.39. The molecule has 1 aliphatic carbocycles. The van der Waals surface area contributed by atoms with Crippen molar-refractivity contribution < 1.29 is 19.5 Å². The molecule has 0 radical (unpaired) electrons. The lowest BCUT2D eigenvalue weighted by atomic mass is 9.76. The average Bonchev–Trinajstić information content (AvgIpc) is 2.63. The van der Waals surface area contributed by atoms with E-state index in [0.29, 0.717) is 12.8 Å². The van der Waals surface area contributed by atoms with Gasteiger partial charge in [0, 0.05) is 13.0 Å². The molecule has 19 heavy (non-hydrogen) atoms. The zero-order chi connectivity index (χ0) is 14.0. The van der Waals surface area contributed by atoms with Crippen LogP contribution in [-0.4, -0.2) is 34.3 Å². The number of likely N-dealkylation sites (tertiary alicyclic amines) is 1. The number of amides is 2. The highest BCUT2D eigenvalue weighted by Gasteiger charge is 2.50. The Morgan fingerprint density at radius 1 is 1.42 bits per heavy atom. The van der Waals surface area contributed by atoms with E-state index < -0.39 is 5.97 Å². The fourth-order valence-corrected chi connectivity index (χ4v) is 3.06. The van der Waals surface area contributed by atoms with Crippen LogP contribution in [0.15, 0.2) is 12.2 Å². The fourth-order valence-electron chi connectivity index (χ4n) is 3.06. The van der Waals surface area contributed by atoms with Crippen LogP contribution < -0.4 is 0 Å². The third-order valence-electron chi connectivity index (χ3n) is 4.05. The van der Waals surface area contributed by atoms with Gasteiger partial charge in [0.2, 0.25) is 11.8 Å². The zero-order valence-electron chi connectivity index (χ0n) is 11.0. The summed E-state index contributed by atoms with van der Waals surface area (Å²) in [6.45, 7) is 2.25. The normalized spacial score (nSPS) is 29.7. The second-order valence-corrected chi connectivity index (χ2v) is 5.19. The van der Waals surface area contributed by atoms with E-state index in [9.17, 15) is 14.4 Å². The maximum absolute atomic E-state index is 12.3. The van der Waals surface area contributed by atoms with E-state index in [1.54, 1.807) is 0 Å². The average molecular weight is 265 g/mol. The van der Waals surface area contributed by atoms with E-state index in [2.05, 4.69) is 0 Å². The van der Waals surface area contributed by atoms with Crippen molar-refractivity contribution in [2.75, 3.05) is 6.54 Å². The maximum Gasteiger partial charge on any atom is 0.303 e. The van der Waals surface area contributed by atoms with Crippen molar-refractivity contribution in [2.24, 2.45) is 17.8 Å². The number of imide groups is 1. The Balaban J connectivity index is 2.06. The van der Waals surface area contributed by atoms with Gasteiger partial charge >= 0.3 is 5.97 Å². The minimum absolute atomic E-state index is 0.0121. The summed E-state index contributed by atoms with van der Waals surface area (Å²) in [5.74, 6) is -1.45. The van der Waals surface area contributed by atoms with E-state index in [1.807, 2.05) is 19.1 Å². The van der Waals surface area contributed by atoms with Crippen molar-refractivity contribution in [1.29, 1.82) is 0 Å². The van der Waals surface area contributed by atoms with Gasteiger partial charge in [0.1, 0.15) is 0 Å². The van der Waals surface area contributed by atoms with Crippen molar-refractivity contribution in [3.8, 4) is 0 Å². The smallest absolute Gasteiger partial charge is 0.303 e. The molecule has 0 spiro atoms. The molecule has 0 saturated carbocycles. The van der Waals surface area contributed by atoms with Gasteiger partial charge in [-0.2, -0.15) is 0 Å². The Hall–Kier alpha value is -1.65. The quantitative estimate of drug-likeness (QED) is 0.603. The third-order valence-corrected chi connectivity index (χ3v) is 4.05. The molecular weight excluding hydrogens is 246 g/mol. The summed E-state index contributed by atoms with van der Waals surface area (Å²) in [5.41, 5.74) is 0. The van der Waals surface area contributed by atoms with Crippen molar-refractivity contribution >= 4 is 17.8 Å². The summed E-state index contributed by atoms with van der Waals surface area (Å²) < 4.78 is 0.